The van der Waals surface area contributed by atoms with Crippen LogP contribution in [-0.2, 0) is 20.9 Å². The quantitative estimate of drug-likeness (QED) is 0.820. The second-order valence-electron chi connectivity index (χ2n) is 5.45. The fraction of sp³-hybridized carbons (Fsp3) is 0.211. The van der Waals surface area contributed by atoms with Crippen molar-refractivity contribution in [3.63, 3.8) is 0 Å². The molecule has 0 bridgehead atoms. The Balaban J connectivity index is 2.07. The molecule has 0 saturated carbocycles. The van der Waals surface area contributed by atoms with E-state index in [9.17, 15) is 14.4 Å². The SMILES string of the molecule is COC(=O)c1ccccc1NC(=O)CN(Cc1ccccc1)C(C)=O. The van der Waals surface area contributed by atoms with E-state index < -0.39 is 5.97 Å². The van der Waals surface area contributed by atoms with Gasteiger partial charge in [-0.3, -0.25) is 9.59 Å². The first-order valence-corrected chi connectivity index (χ1v) is 7.78. The third-order valence-corrected chi connectivity index (χ3v) is 3.60. The number of benzene rings is 2. The summed E-state index contributed by atoms with van der Waals surface area (Å²) >= 11 is 0. The summed E-state index contributed by atoms with van der Waals surface area (Å²) < 4.78 is 4.70. The number of amides is 2. The Labute approximate surface area is 146 Å². The molecule has 0 radical (unpaired) electrons. The number of methoxy groups -OCH3 is 1. The standard InChI is InChI=1S/C19H20N2O4/c1-14(22)21(12-15-8-4-3-5-9-15)13-18(23)20-17-11-7-6-10-16(17)19(24)25-2/h3-11H,12-13H2,1-2H3,(H,20,23). The maximum Gasteiger partial charge on any atom is 0.339 e. The Morgan fingerprint density at radius 2 is 1.64 bits per heavy atom. The van der Waals surface area contributed by atoms with E-state index in [-0.39, 0.29) is 23.9 Å². The molecule has 2 aromatic rings. The molecule has 0 atom stereocenters. The molecular formula is C19H20N2O4. The van der Waals surface area contributed by atoms with Crippen molar-refractivity contribution in [1.29, 1.82) is 0 Å². The average molecular weight is 340 g/mol. The molecule has 0 spiro atoms. The van der Waals surface area contributed by atoms with Gasteiger partial charge in [-0.15, -0.1) is 0 Å². The lowest BCUT2D eigenvalue weighted by atomic mass is 10.1. The predicted octanol–water partition coefficient (Wildman–Crippen LogP) is 2.46. The topological polar surface area (TPSA) is 75.7 Å². The van der Waals surface area contributed by atoms with Crippen LogP contribution in [0.3, 0.4) is 0 Å². The number of hydrogen-bond donors (Lipinski definition) is 1. The molecule has 0 fully saturated rings. The van der Waals surface area contributed by atoms with E-state index in [0.29, 0.717) is 12.2 Å². The summed E-state index contributed by atoms with van der Waals surface area (Å²) in [6.07, 6.45) is 0. The van der Waals surface area contributed by atoms with Crippen LogP contribution in [0.2, 0.25) is 0 Å². The summed E-state index contributed by atoms with van der Waals surface area (Å²) in [5, 5.41) is 2.66. The second-order valence-corrected chi connectivity index (χ2v) is 5.45. The molecule has 6 heteroatoms. The van der Waals surface area contributed by atoms with Gasteiger partial charge in [0.25, 0.3) is 0 Å². The van der Waals surface area contributed by atoms with E-state index in [2.05, 4.69) is 5.32 Å². The van der Waals surface area contributed by atoms with Crippen molar-refractivity contribution in [2.45, 2.75) is 13.5 Å². The van der Waals surface area contributed by atoms with Crippen molar-refractivity contribution in [3.8, 4) is 0 Å². The molecule has 2 rings (SSSR count). The number of carbonyl (C=O) groups is 3. The van der Waals surface area contributed by atoms with Gasteiger partial charge in [0, 0.05) is 13.5 Å². The molecule has 0 aromatic heterocycles. The molecule has 0 saturated heterocycles. The van der Waals surface area contributed by atoms with E-state index >= 15 is 0 Å². The van der Waals surface area contributed by atoms with E-state index in [1.807, 2.05) is 30.3 Å². The normalized spacial score (nSPS) is 10.0. The van der Waals surface area contributed by atoms with E-state index in [0.717, 1.165) is 5.56 Å². The van der Waals surface area contributed by atoms with Gasteiger partial charge in [-0.2, -0.15) is 0 Å². The Morgan fingerprint density at radius 3 is 2.28 bits per heavy atom. The largest absolute Gasteiger partial charge is 0.465 e. The zero-order valence-corrected chi connectivity index (χ0v) is 14.2. The number of hydrogen-bond acceptors (Lipinski definition) is 4. The van der Waals surface area contributed by atoms with E-state index in [1.54, 1.807) is 24.3 Å². The second kappa shape index (κ2) is 8.63. The van der Waals surface area contributed by atoms with E-state index in [1.165, 1.54) is 18.9 Å². The highest BCUT2D eigenvalue weighted by Crippen LogP contribution is 2.16. The smallest absolute Gasteiger partial charge is 0.339 e. The predicted molar refractivity (Wildman–Crippen MR) is 93.9 cm³/mol. The maximum atomic E-state index is 12.3. The van der Waals surface area contributed by atoms with E-state index in [4.69, 9.17) is 4.74 Å². The fourth-order valence-corrected chi connectivity index (χ4v) is 2.33. The highest BCUT2D eigenvalue weighted by molar-refractivity contribution is 6.02. The summed E-state index contributed by atoms with van der Waals surface area (Å²) in [5.41, 5.74) is 1.54. The lowest BCUT2D eigenvalue weighted by molar-refractivity contribution is -0.133. The Bertz CT molecular complexity index is 759. The van der Waals surface area contributed by atoms with Crippen LogP contribution >= 0.6 is 0 Å². The van der Waals surface area contributed by atoms with Crippen LogP contribution in [-0.4, -0.2) is 36.3 Å². The number of rotatable bonds is 6. The van der Waals surface area contributed by atoms with Crippen molar-refractivity contribution >= 4 is 23.5 Å². The van der Waals surface area contributed by atoms with Crippen molar-refractivity contribution in [2.24, 2.45) is 0 Å². The summed E-state index contributed by atoms with van der Waals surface area (Å²) in [6, 6.07) is 16.0. The van der Waals surface area contributed by atoms with Gasteiger partial charge in [0.2, 0.25) is 11.8 Å². The number of esters is 1. The first-order chi connectivity index (χ1) is 12.0. The molecular weight excluding hydrogens is 320 g/mol. The summed E-state index contributed by atoms with van der Waals surface area (Å²) in [6.45, 7) is 1.64. The molecule has 0 unspecified atom stereocenters. The monoisotopic (exact) mass is 340 g/mol. The summed E-state index contributed by atoms with van der Waals surface area (Å²) in [7, 11) is 1.28. The number of ether oxygens (including phenoxy) is 1. The highest BCUT2D eigenvalue weighted by atomic mass is 16.5. The van der Waals surface area contributed by atoms with Crippen LogP contribution in [0.5, 0.6) is 0 Å². The molecule has 2 aromatic carbocycles. The third-order valence-electron chi connectivity index (χ3n) is 3.60. The highest BCUT2D eigenvalue weighted by Gasteiger charge is 2.17. The Kier molecular flexibility index (Phi) is 6.28. The van der Waals surface area contributed by atoms with Crippen LogP contribution in [0.1, 0.15) is 22.8 Å². The Hall–Kier alpha value is -3.15. The molecule has 1 N–H and O–H groups in total. The number of carbonyl (C=O) groups excluding carboxylic acids is 3. The van der Waals surface area contributed by atoms with Gasteiger partial charge in [0.05, 0.1) is 18.4 Å². The lowest BCUT2D eigenvalue weighted by Gasteiger charge is -2.21. The molecule has 0 aliphatic carbocycles. The minimum Gasteiger partial charge on any atom is -0.465 e. The first kappa shape index (κ1) is 18.2. The van der Waals surface area contributed by atoms with Gasteiger partial charge < -0.3 is 15.0 Å². The Morgan fingerprint density at radius 1 is 1.00 bits per heavy atom. The summed E-state index contributed by atoms with van der Waals surface area (Å²) in [4.78, 5) is 37.3. The number of para-hydroxylation sites is 1. The van der Waals surface area contributed by atoms with Gasteiger partial charge >= 0.3 is 5.97 Å². The number of anilines is 1. The average Bonchev–Trinajstić information content (AvgIpc) is 2.61. The number of nitrogens with zero attached hydrogens (tertiary/aromatic N) is 1. The molecule has 130 valence electrons. The minimum atomic E-state index is -0.538. The van der Waals surface area contributed by atoms with Crippen molar-refractivity contribution in [2.75, 3.05) is 19.0 Å². The molecule has 0 aliphatic rings. The van der Waals surface area contributed by atoms with Crippen LogP contribution in [0.4, 0.5) is 5.69 Å². The van der Waals surface area contributed by atoms with Gasteiger partial charge in [-0.1, -0.05) is 42.5 Å². The van der Waals surface area contributed by atoms with Crippen molar-refractivity contribution in [1.82, 2.24) is 4.90 Å². The van der Waals surface area contributed by atoms with Crippen LogP contribution in [0, 0.1) is 0 Å². The van der Waals surface area contributed by atoms with Gasteiger partial charge in [-0.05, 0) is 17.7 Å². The molecule has 2 amide bonds. The van der Waals surface area contributed by atoms with Crippen molar-refractivity contribution < 1.29 is 19.1 Å². The van der Waals surface area contributed by atoms with Crippen LogP contribution in [0.15, 0.2) is 54.6 Å². The summed E-state index contributed by atoms with van der Waals surface area (Å²) in [5.74, 6) is -1.13. The molecule has 0 aliphatic heterocycles. The molecule has 0 heterocycles. The van der Waals surface area contributed by atoms with Crippen LogP contribution in [0.25, 0.3) is 0 Å². The van der Waals surface area contributed by atoms with Crippen molar-refractivity contribution in [3.05, 3.63) is 65.7 Å². The first-order valence-electron chi connectivity index (χ1n) is 7.78. The lowest BCUT2D eigenvalue weighted by Crippen LogP contribution is -2.36. The maximum absolute atomic E-state index is 12.3. The third kappa shape index (κ3) is 5.17. The van der Waals surface area contributed by atoms with Gasteiger partial charge in [0.1, 0.15) is 6.54 Å². The zero-order valence-electron chi connectivity index (χ0n) is 14.2. The van der Waals surface area contributed by atoms with Crippen LogP contribution < -0.4 is 5.32 Å². The number of nitrogens with one attached hydrogen (secondary N) is 1. The minimum absolute atomic E-state index is 0.111. The molecule has 25 heavy (non-hydrogen) atoms. The molecule has 6 nitrogen and oxygen atoms in total. The zero-order chi connectivity index (χ0) is 18.2. The van der Waals surface area contributed by atoms with Gasteiger partial charge in [-0.25, -0.2) is 4.79 Å². The fourth-order valence-electron chi connectivity index (χ4n) is 2.33. The van der Waals surface area contributed by atoms with Gasteiger partial charge in [0.15, 0.2) is 0 Å².